The Labute approximate surface area is 198 Å². The fourth-order valence-corrected chi connectivity index (χ4v) is 4.45. The smallest absolute Gasteiger partial charge is 0.251 e. The molecule has 2 aromatic heterocycles. The zero-order valence-corrected chi connectivity index (χ0v) is 19.2. The van der Waals surface area contributed by atoms with Crippen molar-refractivity contribution in [3.05, 3.63) is 93.9 Å². The number of thioether (sulfide) groups is 1. The van der Waals surface area contributed by atoms with E-state index in [-0.39, 0.29) is 17.6 Å². The van der Waals surface area contributed by atoms with E-state index in [4.69, 9.17) is 11.6 Å². The summed E-state index contributed by atoms with van der Waals surface area (Å²) in [4.78, 5) is 30.1. The lowest BCUT2D eigenvalue weighted by Gasteiger charge is -2.09. The summed E-state index contributed by atoms with van der Waals surface area (Å²) in [5, 5.41) is 9.04. The quantitative estimate of drug-likeness (QED) is 0.336. The van der Waals surface area contributed by atoms with Crippen molar-refractivity contribution >= 4 is 52.2 Å². The lowest BCUT2D eigenvalue weighted by atomic mass is 10.2. The second-order valence-corrected chi connectivity index (χ2v) is 9.14. The number of carbonyl (C=O) groups excluding carboxylic acids is 2. The van der Waals surface area contributed by atoms with Gasteiger partial charge in [0.2, 0.25) is 5.91 Å². The molecule has 0 spiro atoms. The molecule has 162 valence electrons. The summed E-state index contributed by atoms with van der Waals surface area (Å²) in [6.07, 6.45) is 3.51. The molecule has 4 aromatic rings. The highest BCUT2D eigenvalue weighted by Gasteiger charge is 2.11. The molecule has 2 heterocycles. The molecule has 0 aliphatic carbocycles. The molecule has 0 atom stereocenters. The van der Waals surface area contributed by atoms with Gasteiger partial charge in [0.25, 0.3) is 5.91 Å². The van der Waals surface area contributed by atoms with Gasteiger partial charge in [-0.2, -0.15) is 0 Å². The van der Waals surface area contributed by atoms with Gasteiger partial charge in [0.05, 0.1) is 12.3 Å². The molecule has 0 saturated carbocycles. The fraction of sp³-hybridized carbons (Fsp3) is 0.0870. The number of halogens is 1. The van der Waals surface area contributed by atoms with Crippen molar-refractivity contribution in [2.75, 3.05) is 11.1 Å². The fourth-order valence-electron chi connectivity index (χ4n) is 2.91. The monoisotopic (exact) mass is 482 g/mol. The van der Waals surface area contributed by atoms with Crippen LogP contribution in [0.1, 0.15) is 15.2 Å². The number of carbonyl (C=O) groups is 2. The van der Waals surface area contributed by atoms with Crippen LogP contribution in [0, 0.1) is 0 Å². The van der Waals surface area contributed by atoms with Crippen molar-refractivity contribution in [2.24, 2.45) is 0 Å². The lowest BCUT2D eigenvalue weighted by molar-refractivity contribution is -0.113. The number of nitrogens with one attached hydrogen (secondary N) is 2. The number of benzene rings is 2. The Kier molecular flexibility index (Phi) is 7.26. The first-order valence-corrected chi connectivity index (χ1v) is 12.0. The Morgan fingerprint density at radius 2 is 1.84 bits per heavy atom. The number of amides is 2. The predicted octanol–water partition coefficient (Wildman–Crippen LogP) is 5.25. The Hall–Kier alpha value is -3.07. The predicted molar refractivity (Wildman–Crippen MR) is 130 cm³/mol. The lowest BCUT2D eigenvalue weighted by Crippen LogP contribution is -2.22. The molecule has 9 heteroatoms. The maximum Gasteiger partial charge on any atom is 0.251 e. The van der Waals surface area contributed by atoms with Gasteiger partial charge in [-0.25, -0.2) is 4.98 Å². The van der Waals surface area contributed by atoms with E-state index in [1.54, 1.807) is 53.9 Å². The van der Waals surface area contributed by atoms with Gasteiger partial charge in [-0.15, -0.1) is 11.3 Å². The van der Waals surface area contributed by atoms with Crippen LogP contribution in [0.5, 0.6) is 0 Å². The van der Waals surface area contributed by atoms with Gasteiger partial charge in [-0.05, 0) is 60.0 Å². The van der Waals surface area contributed by atoms with E-state index in [2.05, 4.69) is 15.6 Å². The molecule has 0 fully saturated rings. The van der Waals surface area contributed by atoms with Crippen LogP contribution in [0.4, 0.5) is 5.69 Å². The van der Waals surface area contributed by atoms with Gasteiger partial charge in [-0.1, -0.05) is 29.4 Å². The first kappa shape index (κ1) is 22.1. The Morgan fingerprint density at radius 3 is 2.56 bits per heavy atom. The van der Waals surface area contributed by atoms with E-state index in [1.807, 2.05) is 40.4 Å². The molecule has 0 unspecified atom stereocenters. The molecule has 4 rings (SSSR count). The third-order valence-electron chi connectivity index (χ3n) is 4.48. The summed E-state index contributed by atoms with van der Waals surface area (Å²) in [7, 11) is 0. The molecule has 2 amide bonds. The van der Waals surface area contributed by atoms with Crippen LogP contribution >= 0.6 is 34.7 Å². The molecule has 2 aromatic carbocycles. The van der Waals surface area contributed by atoms with E-state index >= 15 is 0 Å². The molecule has 6 nitrogen and oxygen atoms in total. The first-order chi connectivity index (χ1) is 15.6. The van der Waals surface area contributed by atoms with Crippen molar-refractivity contribution in [3.63, 3.8) is 0 Å². The number of imidazole rings is 1. The first-order valence-electron chi connectivity index (χ1n) is 9.71. The van der Waals surface area contributed by atoms with Gasteiger partial charge in [0, 0.05) is 39.2 Å². The largest absolute Gasteiger partial charge is 0.347 e. The van der Waals surface area contributed by atoms with Crippen LogP contribution in [-0.2, 0) is 11.3 Å². The van der Waals surface area contributed by atoms with E-state index in [0.717, 1.165) is 10.6 Å². The molecule has 0 saturated heterocycles. The van der Waals surface area contributed by atoms with Crippen LogP contribution in [0.2, 0.25) is 5.02 Å². The number of nitrogens with zero attached hydrogens (tertiary/aromatic N) is 2. The van der Waals surface area contributed by atoms with Gasteiger partial charge in [0.15, 0.2) is 5.16 Å². The van der Waals surface area contributed by atoms with Crippen molar-refractivity contribution < 1.29 is 9.59 Å². The number of aromatic nitrogens is 2. The minimum absolute atomic E-state index is 0.121. The van der Waals surface area contributed by atoms with Crippen LogP contribution in [0.3, 0.4) is 0 Å². The SMILES string of the molecule is O=C(CSc1nccn1-c1ccc(C(=O)NCc2cccs2)cc1)Nc1ccc(Cl)cc1. The summed E-state index contributed by atoms with van der Waals surface area (Å²) in [5.74, 6) is -0.0447. The maximum atomic E-state index is 12.4. The number of anilines is 1. The van der Waals surface area contributed by atoms with Crippen molar-refractivity contribution in [3.8, 4) is 5.69 Å². The Morgan fingerprint density at radius 1 is 1.06 bits per heavy atom. The maximum absolute atomic E-state index is 12.4. The van der Waals surface area contributed by atoms with E-state index < -0.39 is 0 Å². The molecule has 0 bridgehead atoms. The van der Waals surface area contributed by atoms with Crippen molar-refractivity contribution in [2.45, 2.75) is 11.7 Å². The molecule has 2 N–H and O–H groups in total. The standard InChI is InChI=1S/C23H19ClN4O2S2/c24-17-5-7-18(8-6-17)27-21(29)15-32-23-25-11-12-28(23)19-9-3-16(4-10-19)22(30)26-14-20-2-1-13-31-20/h1-13H,14-15H2,(H,26,30)(H,27,29). The van der Waals surface area contributed by atoms with Crippen molar-refractivity contribution in [1.29, 1.82) is 0 Å². The summed E-state index contributed by atoms with van der Waals surface area (Å²) in [6.45, 7) is 0.513. The summed E-state index contributed by atoms with van der Waals surface area (Å²) >= 11 is 8.81. The highest BCUT2D eigenvalue weighted by atomic mass is 35.5. The number of hydrogen-bond donors (Lipinski definition) is 2. The molecular formula is C23H19ClN4O2S2. The van der Waals surface area contributed by atoms with Crippen LogP contribution < -0.4 is 10.6 Å². The minimum Gasteiger partial charge on any atom is -0.347 e. The van der Waals surface area contributed by atoms with Gasteiger partial charge in [0.1, 0.15) is 0 Å². The van der Waals surface area contributed by atoms with Crippen LogP contribution in [0.25, 0.3) is 5.69 Å². The van der Waals surface area contributed by atoms with E-state index in [9.17, 15) is 9.59 Å². The van der Waals surface area contributed by atoms with Gasteiger partial charge < -0.3 is 10.6 Å². The van der Waals surface area contributed by atoms with E-state index in [0.29, 0.717) is 28.0 Å². The summed E-state index contributed by atoms with van der Waals surface area (Å²) in [6, 6.07) is 18.2. The molecule has 0 aliphatic rings. The Bertz CT molecular complexity index is 1190. The zero-order valence-electron chi connectivity index (χ0n) is 16.8. The van der Waals surface area contributed by atoms with Crippen LogP contribution in [-0.4, -0.2) is 27.1 Å². The average molecular weight is 483 g/mol. The average Bonchev–Trinajstić information content (AvgIpc) is 3.50. The second-order valence-electron chi connectivity index (χ2n) is 6.73. The Balaban J connectivity index is 1.34. The third kappa shape index (κ3) is 5.79. The minimum atomic E-state index is -0.135. The zero-order chi connectivity index (χ0) is 22.3. The number of thiophene rings is 1. The molecule has 0 aliphatic heterocycles. The summed E-state index contributed by atoms with van der Waals surface area (Å²) in [5.41, 5.74) is 2.14. The highest BCUT2D eigenvalue weighted by Crippen LogP contribution is 2.21. The van der Waals surface area contributed by atoms with Crippen LogP contribution in [0.15, 0.2) is 83.6 Å². The normalized spacial score (nSPS) is 10.7. The van der Waals surface area contributed by atoms with Gasteiger partial charge in [-0.3, -0.25) is 14.2 Å². The third-order valence-corrected chi connectivity index (χ3v) is 6.57. The van der Waals surface area contributed by atoms with E-state index in [1.165, 1.54) is 11.8 Å². The number of rotatable bonds is 8. The molecule has 0 radical (unpaired) electrons. The number of hydrogen-bond acceptors (Lipinski definition) is 5. The molecular weight excluding hydrogens is 464 g/mol. The summed E-state index contributed by atoms with van der Waals surface area (Å²) < 4.78 is 1.88. The molecule has 32 heavy (non-hydrogen) atoms. The topological polar surface area (TPSA) is 76.0 Å². The van der Waals surface area contributed by atoms with Crippen molar-refractivity contribution in [1.82, 2.24) is 14.9 Å². The second kappa shape index (κ2) is 10.5. The highest BCUT2D eigenvalue weighted by molar-refractivity contribution is 7.99. The van der Waals surface area contributed by atoms with Gasteiger partial charge >= 0.3 is 0 Å².